The molecule has 1 aliphatic heterocycles. The van der Waals surface area contributed by atoms with Crippen LogP contribution >= 0.6 is 11.8 Å². The number of aryl methyl sites for hydroxylation is 1. The number of allylic oxidation sites excluding steroid dienone is 1. The molecule has 0 N–H and O–H groups in total. The van der Waals surface area contributed by atoms with Gasteiger partial charge in [-0.2, -0.15) is 13.2 Å². The lowest BCUT2D eigenvalue weighted by Crippen LogP contribution is -2.33. The van der Waals surface area contributed by atoms with Crippen LogP contribution in [0.4, 0.5) is 13.2 Å². The van der Waals surface area contributed by atoms with Crippen LogP contribution in [0, 0.1) is 6.92 Å². The molecule has 1 aromatic heterocycles. The summed E-state index contributed by atoms with van der Waals surface area (Å²) < 4.78 is 38.6. The molecule has 0 bridgehead atoms. The summed E-state index contributed by atoms with van der Waals surface area (Å²) in [6.45, 7) is 4.80. The first-order valence-corrected chi connectivity index (χ1v) is 12.9. The largest absolute Gasteiger partial charge is 0.416 e. The maximum Gasteiger partial charge on any atom is 0.416 e. The van der Waals surface area contributed by atoms with Crippen LogP contribution in [0.2, 0.25) is 0 Å². The Morgan fingerprint density at radius 2 is 1.69 bits per heavy atom. The average Bonchev–Trinajstić information content (AvgIpc) is 2.86. The van der Waals surface area contributed by atoms with Gasteiger partial charge < -0.3 is 0 Å². The second-order valence-corrected chi connectivity index (χ2v) is 10.5. The van der Waals surface area contributed by atoms with Gasteiger partial charge in [0, 0.05) is 48.3 Å². The van der Waals surface area contributed by atoms with Gasteiger partial charge in [-0.3, -0.25) is 4.90 Å². The molecule has 0 fully saturated rings. The normalized spacial score (nSPS) is 16.9. The Morgan fingerprint density at radius 1 is 0.943 bits per heavy atom. The second kappa shape index (κ2) is 10.2. The van der Waals surface area contributed by atoms with E-state index < -0.39 is 11.7 Å². The minimum Gasteiger partial charge on any atom is -0.295 e. The van der Waals surface area contributed by atoms with Crippen LogP contribution < -0.4 is 0 Å². The molecule has 2 heterocycles. The van der Waals surface area contributed by atoms with Crippen LogP contribution in [0.15, 0.2) is 70.1 Å². The van der Waals surface area contributed by atoms with Crippen molar-refractivity contribution in [2.45, 2.75) is 56.6 Å². The number of nitrogens with zero attached hydrogens (tertiary/aromatic N) is 3. The fraction of sp³-hybridized carbons (Fsp3) is 0.357. The van der Waals surface area contributed by atoms with Crippen LogP contribution in [-0.2, 0) is 19.1 Å². The zero-order chi connectivity index (χ0) is 24.4. The first-order chi connectivity index (χ1) is 16.8. The van der Waals surface area contributed by atoms with Gasteiger partial charge in [-0.15, -0.1) is 0 Å². The zero-order valence-electron chi connectivity index (χ0n) is 19.7. The van der Waals surface area contributed by atoms with Crippen molar-refractivity contribution in [2.24, 2.45) is 0 Å². The maximum absolute atomic E-state index is 12.9. The summed E-state index contributed by atoms with van der Waals surface area (Å²) in [6.07, 6.45) is 3.13. The molecule has 2 aliphatic rings. The number of hydrogen-bond acceptors (Lipinski definition) is 4. The minimum atomic E-state index is -4.34. The Labute approximate surface area is 208 Å². The summed E-state index contributed by atoms with van der Waals surface area (Å²) in [5.74, 6) is 0.484. The van der Waals surface area contributed by atoms with E-state index in [0.717, 1.165) is 62.3 Å². The van der Waals surface area contributed by atoms with Crippen LogP contribution in [0.25, 0.3) is 11.4 Å². The number of halogens is 3. The first kappa shape index (κ1) is 24.1. The highest BCUT2D eigenvalue weighted by atomic mass is 32.2. The third kappa shape index (κ3) is 5.78. The molecule has 2 aromatic carbocycles. The molecule has 3 aromatic rings. The third-order valence-electron chi connectivity index (χ3n) is 6.69. The highest BCUT2D eigenvalue weighted by Gasteiger charge is 2.30. The van der Waals surface area contributed by atoms with Crippen molar-refractivity contribution in [3.8, 4) is 11.4 Å². The number of rotatable bonds is 5. The highest BCUT2D eigenvalue weighted by Crippen LogP contribution is 2.38. The molecule has 5 rings (SSSR count). The van der Waals surface area contributed by atoms with Crippen LogP contribution in [0.5, 0.6) is 0 Å². The van der Waals surface area contributed by atoms with Crippen LogP contribution in [-0.4, -0.2) is 28.0 Å². The lowest BCUT2D eigenvalue weighted by molar-refractivity contribution is -0.137. The number of benzene rings is 2. The second-order valence-electron chi connectivity index (χ2n) is 9.35. The summed E-state index contributed by atoms with van der Waals surface area (Å²) in [7, 11) is 0. The van der Waals surface area contributed by atoms with Crippen molar-refractivity contribution in [1.82, 2.24) is 14.9 Å². The molecule has 0 amide bonds. The van der Waals surface area contributed by atoms with Gasteiger partial charge in [-0.25, -0.2) is 9.97 Å². The fourth-order valence-corrected chi connectivity index (χ4v) is 5.82. The molecule has 0 unspecified atom stereocenters. The number of hydrogen-bond donors (Lipinski definition) is 0. The van der Waals surface area contributed by atoms with E-state index in [1.165, 1.54) is 40.3 Å². The van der Waals surface area contributed by atoms with Crippen molar-refractivity contribution < 1.29 is 13.2 Å². The summed E-state index contributed by atoms with van der Waals surface area (Å²) in [6, 6.07) is 13.8. The van der Waals surface area contributed by atoms with E-state index in [1.807, 2.05) is 18.0 Å². The van der Waals surface area contributed by atoms with Gasteiger partial charge in [-0.1, -0.05) is 41.6 Å². The summed E-state index contributed by atoms with van der Waals surface area (Å²) in [5.41, 5.74) is 4.88. The van der Waals surface area contributed by atoms with E-state index in [-0.39, 0.29) is 0 Å². The van der Waals surface area contributed by atoms with Gasteiger partial charge in [0.25, 0.3) is 0 Å². The summed E-state index contributed by atoms with van der Waals surface area (Å²) >= 11 is 1.92. The average molecular weight is 496 g/mol. The Hall–Kier alpha value is -2.64. The van der Waals surface area contributed by atoms with Gasteiger partial charge in [0.05, 0.1) is 11.3 Å². The van der Waals surface area contributed by atoms with Crippen molar-refractivity contribution in [1.29, 1.82) is 0 Å². The molecule has 0 atom stereocenters. The number of aromatic nitrogens is 2. The molecule has 3 nitrogen and oxygen atoms in total. The first-order valence-electron chi connectivity index (χ1n) is 12.1. The van der Waals surface area contributed by atoms with E-state index in [9.17, 15) is 13.2 Å². The zero-order valence-corrected chi connectivity index (χ0v) is 20.6. The third-order valence-corrected chi connectivity index (χ3v) is 7.93. The fourth-order valence-electron chi connectivity index (χ4n) is 4.71. The Morgan fingerprint density at radius 3 is 2.43 bits per heavy atom. The molecule has 0 spiro atoms. The smallest absolute Gasteiger partial charge is 0.295 e. The van der Waals surface area contributed by atoms with E-state index in [0.29, 0.717) is 11.4 Å². The lowest BCUT2D eigenvalue weighted by Gasteiger charge is -2.31. The Balaban J connectivity index is 1.28. The van der Waals surface area contributed by atoms with Gasteiger partial charge >= 0.3 is 6.18 Å². The van der Waals surface area contributed by atoms with E-state index in [2.05, 4.69) is 41.1 Å². The number of thioether (sulfide) groups is 1. The molecule has 7 heteroatoms. The Bertz CT molecular complexity index is 1220. The lowest BCUT2D eigenvalue weighted by atomic mass is 9.97. The standard InChI is InChI=1S/C28H28F3N3S/c1-19-6-12-24(13-7-19)35-26-5-3-2-4-21(26)17-34-15-14-25-22(18-34)16-32-27(33-25)20-8-10-23(11-9-20)28(29,30)31/h6-13,16H,2-5,14-15,17-18H2,1H3. The van der Waals surface area contributed by atoms with E-state index in [4.69, 9.17) is 4.98 Å². The summed E-state index contributed by atoms with van der Waals surface area (Å²) in [4.78, 5) is 14.5. The SMILES string of the molecule is Cc1ccc(SC2=C(CN3CCc4nc(-c5ccc(C(F)(F)F)cc5)ncc4C3)CCCC2)cc1. The molecule has 0 radical (unpaired) electrons. The van der Waals surface area contributed by atoms with Gasteiger partial charge in [0.15, 0.2) is 5.82 Å². The molecule has 0 saturated heterocycles. The van der Waals surface area contributed by atoms with Gasteiger partial charge in [0.2, 0.25) is 0 Å². The Kier molecular flexibility index (Phi) is 6.98. The molecular weight excluding hydrogens is 467 g/mol. The van der Waals surface area contributed by atoms with Crippen LogP contribution in [0.3, 0.4) is 0 Å². The van der Waals surface area contributed by atoms with Gasteiger partial charge in [-0.05, 0) is 67.4 Å². The quantitative estimate of drug-likeness (QED) is 0.368. The maximum atomic E-state index is 12.9. The number of alkyl halides is 3. The molecule has 35 heavy (non-hydrogen) atoms. The topological polar surface area (TPSA) is 29.0 Å². The van der Waals surface area contributed by atoms with Crippen molar-refractivity contribution in [2.75, 3.05) is 13.1 Å². The predicted molar refractivity (Wildman–Crippen MR) is 134 cm³/mol. The van der Waals surface area contributed by atoms with Gasteiger partial charge in [0.1, 0.15) is 0 Å². The number of fused-ring (bicyclic) bond motifs is 1. The molecule has 182 valence electrons. The van der Waals surface area contributed by atoms with E-state index >= 15 is 0 Å². The summed E-state index contributed by atoms with van der Waals surface area (Å²) in [5, 5.41) is 0. The van der Waals surface area contributed by atoms with Crippen molar-refractivity contribution in [3.05, 3.63) is 87.6 Å². The predicted octanol–water partition coefficient (Wildman–Crippen LogP) is 7.45. The van der Waals surface area contributed by atoms with Crippen LogP contribution in [0.1, 0.15) is 48.1 Å². The molecule has 0 saturated carbocycles. The van der Waals surface area contributed by atoms with Crippen molar-refractivity contribution >= 4 is 11.8 Å². The van der Waals surface area contributed by atoms with Crippen molar-refractivity contribution in [3.63, 3.8) is 0 Å². The minimum absolute atomic E-state index is 0.484. The highest BCUT2D eigenvalue weighted by molar-refractivity contribution is 8.03. The molecular formula is C28H28F3N3S. The van der Waals surface area contributed by atoms with E-state index in [1.54, 1.807) is 5.57 Å². The monoisotopic (exact) mass is 495 g/mol. The molecule has 1 aliphatic carbocycles.